The summed E-state index contributed by atoms with van der Waals surface area (Å²) in [5.74, 6) is 0. The molecule has 0 saturated carbocycles. The first-order valence-corrected chi connectivity index (χ1v) is 19.2. The van der Waals surface area contributed by atoms with Gasteiger partial charge in [-0.05, 0) is 135 Å². The topological polar surface area (TPSA) is 3.24 Å². The molecule has 7 aromatic carbocycles. The van der Waals surface area contributed by atoms with Gasteiger partial charge in [-0.1, -0.05) is 163 Å². The van der Waals surface area contributed by atoms with Crippen LogP contribution < -0.4 is 15.3 Å². The quantitative estimate of drug-likeness (QED) is 0.143. The predicted octanol–water partition coefficient (Wildman–Crippen LogP) is 12.8. The molecule has 54 heavy (non-hydrogen) atoms. The zero-order valence-electron chi connectivity index (χ0n) is 30.8. The third-order valence-electron chi connectivity index (χ3n) is 10.8. The number of anilines is 2. The summed E-state index contributed by atoms with van der Waals surface area (Å²) in [5, 5.41) is 5.27. The van der Waals surface area contributed by atoms with Crippen LogP contribution in [0.3, 0.4) is 0 Å². The second-order valence-corrected chi connectivity index (χ2v) is 14.3. The van der Waals surface area contributed by atoms with Gasteiger partial charge in [0, 0.05) is 17.1 Å². The van der Waals surface area contributed by atoms with Crippen LogP contribution in [0.15, 0.2) is 182 Å². The number of rotatable bonds is 8. The van der Waals surface area contributed by atoms with Crippen molar-refractivity contribution in [3.8, 4) is 22.3 Å². The van der Waals surface area contributed by atoms with Crippen LogP contribution in [0.1, 0.15) is 47.9 Å². The summed E-state index contributed by atoms with van der Waals surface area (Å²) < 4.78 is 0. The third-order valence-corrected chi connectivity index (χ3v) is 10.8. The molecule has 0 amide bonds. The van der Waals surface area contributed by atoms with Crippen molar-refractivity contribution in [3.05, 3.63) is 214 Å². The highest BCUT2D eigenvalue weighted by atomic mass is 15.1. The molecule has 0 spiro atoms. The zero-order valence-corrected chi connectivity index (χ0v) is 30.8. The van der Waals surface area contributed by atoms with Gasteiger partial charge in [-0.3, -0.25) is 0 Å². The Balaban J connectivity index is 1.14. The maximum Gasteiger partial charge on any atom is 0.0461 e. The van der Waals surface area contributed by atoms with Gasteiger partial charge >= 0.3 is 0 Å². The second-order valence-electron chi connectivity index (χ2n) is 14.3. The van der Waals surface area contributed by atoms with Gasteiger partial charge < -0.3 is 4.90 Å². The number of para-hydroxylation sites is 1. The van der Waals surface area contributed by atoms with E-state index < -0.39 is 0 Å². The summed E-state index contributed by atoms with van der Waals surface area (Å²) >= 11 is 0. The van der Waals surface area contributed by atoms with E-state index in [9.17, 15) is 0 Å². The zero-order chi connectivity index (χ0) is 36.3. The van der Waals surface area contributed by atoms with E-state index >= 15 is 0 Å². The van der Waals surface area contributed by atoms with E-state index in [1.807, 2.05) is 0 Å². The molecule has 260 valence electrons. The molecule has 0 aliphatic heterocycles. The lowest BCUT2D eigenvalue weighted by molar-refractivity contribution is 0.997. The molecule has 1 heteroatoms. The molecule has 0 heterocycles. The summed E-state index contributed by atoms with van der Waals surface area (Å²) in [6.07, 6.45) is 18.4. The molecule has 0 N–H and O–H groups in total. The molecule has 0 unspecified atom stereocenters. The van der Waals surface area contributed by atoms with Crippen LogP contribution in [0, 0.1) is 6.92 Å². The maximum absolute atomic E-state index is 2.47. The molecular weight excluding hydrogens is 651 g/mol. The lowest BCUT2D eigenvalue weighted by atomic mass is 9.86. The molecule has 9 rings (SSSR count). The fraction of sp³-hybridized carbons (Fsp3) is 0.0943. The van der Waals surface area contributed by atoms with Gasteiger partial charge in [0.2, 0.25) is 0 Å². The van der Waals surface area contributed by atoms with E-state index in [1.165, 1.54) is 88.4 Å². The van der Waals surface area contributed by atoms with E-state index in [0.717, 1.165) is 25.7 Å². The lowest BCUT2D eigenvalue weighted by Gasteiger charge is -2.28. The number of benzene rings is 7. The molecule has 2 aliphatic rings. The van der Waals surface area contributed by atoms with Gasteiger partial charge in [-0.2, -0.15) is 0 Å². The van der Waals surface area contributed by atoms with E-state index in [0.29, 0.717) is 0 Å². The summed E-state index contributed by atoms with van der Waals surface area (Å²) in [5.41, 5.74) is 14.8. The van der Waals surface area contributed by atoms with Crippen molar-refractivity contribution in [1.29, 1.82) is 0 Å². The SMILES string of the molecule is Cc1ccc(/C(=C/c2ccc(-c3c4c(c(-c5ccc(N(C6=CCCC=C6)c6ccccc6)cc5)c5ccccc35)=CCCC=4)cc2)c2ccccc2)cc1. The van der Waals surface area contributed by atoms with Gasteiger partial charge in [0.05, 0.1) is 0 Å². The lowest BCUT2D eigenvalue weighted by Crippen LogP contribution is -2.31. The highest BCUT2D eigenvalue weighted by molar-refractivity contribution is 6.06. The molecule has 1 nitrogen and oxygen atoms in total. The first kappa shape index (κ1) is 33.4. The predicted molar refractivity (Wildman–Crippen MR) is 232 cm³/mol. The van der Waals surface area contributed by atoms with Gasteiger partial charge in [-0.15, -0.1) is 0 Å². The fourth-order valence-electron chi connectivity index (χ4n) is 8.14. The number of hydrogen-bond acceptors (Lipinski definition) is 1. The molecule has 7 aromatic rings. The van der Waals surface area contributed by atoms with Gasteiger partial charge in [0.15, 0.2) is 0 Å². The summed E-state index contributed by atoms with van der Waals surface area (Å²) in [6, 6.07) is 57.7. The number of hydrogen-bond donors (Lipinski definition) is 0. The molecule has 0 aromatic heterocycles. The van der Waals surface area contributed by atoms with Crippen LogP contribution in [0.5, 0.6) is 0 Å². The number of nitrogens with zero attached hydrogens (tertiary/aromatic N) is 1. The monoisotopic (exact) mass is 693 g/mol. The van der Waals surface area contributed by atoms with Crippen molar-refractivity contribution in [2.24, 2.45) is 0 Å². The fourth-order valence-corrected chi connectivity index (χ4v) is 8.14. The second kappa shape index (κ2) is 14.9. The van der Waals surface area contributed by atoms with Crippen molar-refractivity contribution in [1.82, 2.24) is 0 Å². The highest BCUT2D eigenvalue weighted by Crippen LogP contribution is 2.36. The Morgan fingerprint density at radius 1 is 0.481 bits per heavy atom. The van der Waals surface area contributed by atoms with Crippen molar-refractivity contribution < 1.29 is 0 Å². The third kappa shape index (κ3) is 6.55. The van der Waals surface area contributed by atoms with Gasteiger partial charge in [0.25, 0.3) is 0 Å². The molecule has 0 atom stereocenters. The Kier molecular flexibility index (Phi) is 9.21. The Bertz CT molecular complexity index is 2660. The molecule has 0 bridgehead atoms. The van der Waals surface area contributed by atoms with Crippen molar-refractivity contribution in [2.75, 3.05) is 4.90 Å². The Hall–Kier alpha value is -6.44. The Morgan fingerprint density at radius 2 is 1.00 bits per heavy atom. The maximum atomic E-state index is 2.47. The standard InChI is InChI=1S/C53H43N/c1-38-25-29-41(30-26-38)51(40-15-5-2-6-16-40)37-39-27-31-42(32-28-39)52-47-21-11-13-23-49(47)53(50-24-14-12-22-48(50)52)43-33-35-46(36-34-43)54(44-17-7-3-8-18-44)45-19-9-4-10-20-45/h2-3,5-9,11,13,15-37H,4,10,12,14H2,1H3/b51-37+. The van der Waals surface area contributed by atoms with E-state index in [1.54, 1.807) is 0 Å². The minimum absolute atomic E-state index is 1.04. The smallest absolute Gasteiger partial charge is 0.0461 e. The van der Waals surface area contributed by atoms with E-state index in [4.69, 9.17) is 0 Å². The summed E-state index contributed by atoms with van der Waals surface area (Å²) in [7, 11) is 0. The average Bonchev–Trinajstić information content (AvgIpc) is 3.24. The highest BCUT2D eigenvalue weighted by Gasteiger charge is 2.18. The van der Waals surface area contributed by atoms with Crippen LogP contribution in [0.2, 0.25) is 0 Å². The molecule has 0 radical (unpaired) electrons. The first-order valence-electron chi connectivity index (χ1n) is 19.2. The van der Waals surface area contributed by atoms with Crippen molar-refractivity contribution >= 4 is 45.9 Å². The van der Waals surface area contributed by atoms with Crippen LogP contribution in [0.25, 0.3) is 56.8 Å². The summed E-state index contributed by atoms with van der Waals surface area (Å²) in [4.78, 5) is 2.37. The van der Waals surface area contributed by atoms with Crippen molar-refractivity contribution in [2.45, 2.75) is 32.6 Å². The molecular formula is C53H43N. The van der Waals surface area contributed by atoms with Gasteiger partial charge in [0.1, 0.15) is 0 Å². The van der Waals surface area contributed by atoms with Crippen LogP contribution in [0.4, 0.5) is 11.4 Å². The van der Waals surface area contributed by atoms with E-state index in [2.05, 4.69) is 206 Å². The minimum Gasteiger partial charge on any atom is -0.311 e. The normalized spacial score (nSPS) is 13.8. The largest absolute Gasteiger partial charge is 0.311 e. The van der Waals surface area contributed by atoms with Crippen molar-refractivity contribution in [3.63, 3.8) is 0 Å². The first-order chi connectivity index (χ1) is 26.7. The minimum atomic E-state index is 1.04. The Morgan fingerprint density at radius 3 is 1.59 bits per heavy atom. The average molecular weight is 694 g/mol. The summed E-state index contributed by atoms with van der Waals surface area (Å²) in [6.45, 7) is 2.14. The van der Waals surface area contributed by atoms with Crippen LogP contribution in [-0.2, 0) is 0 Å². The van der Waals surface area contributed by atoms with Crippen LogP contribution in [-0.4, -0.2) is 0 Å². The number of aryl methyl sites for hydroxylation is 1. The Labute approximate surface area is 318 Å². The molecule has 2 aliphatic carbocycles. The van der Waals surface area contributed by atoms with Crippen LogP contribution >= 0.6 is 0 Å². The number of fused-ring (bicyclic) bond motifs is 2. The van der Waals surface area contributed by atoms with Gasteiger partial charge in [-0.25, -0.2) is 0 Å². The van der Waals surface area contributed by atoms with E-state index in [-0.39, 0.29) is 0 Å². The number of allylic oxidation sites excluding steroid dienone is 3. The molecule has 0 saturated heterocycles. The molecule has 0 fully saturated rings.